The number of likely N-dealkylation sites (tertiary alicyclic amines) is 1. The summed E-state index contributed by atoms with van der Waals surface area (Å²) in [4.78, 5) is 13.5. The van der Waals surface area contributed by atoms with E-state index in [0.29, 0.717) is 11.5 Å². The van der Waals surface area contributed by atoms with Crippen molar-refractivity contribution in [3.8, 4) is 0 Å². The molecule has 0 aromatic carbocycles. The Balaban J connectivity index is 2.63. The standard InChI is InChI=1S/C13H23NO/c1-6-12(15)14-8-7-11(9-10(14)2)13(3,4)5/h6,10-11H,1,7-9H2,2-5H3. The van der Waals surface area contributed by atoms with E-state index in [1.54, 1.807) is 0 Å². The van der Waals surface area contributed by atoms with E-state index in [1.165, 1.54) is 6.08 Å². The van der Waals surface area contributed by atoms with Crippen LogP contribution in [0.5, 0.6) is 0 Å². The van der Waals surface area contributed by atoms with Crippen molar-refractivity contribution in [2.75, 3.05) is 6.54 Å². The van der Waals surface area contributed by atoms with E-state index < -0.39 is 0 Å². The summed E-state index contributed by atoms with van der Waals surface area (Å²) in [5, 5.41) is 0. The van der Waals surface area contributed by atoms with Gasteiger partial charge in [0.2, 0.25) is 5.91 Å². The van der Waals surface area contributed by atoms with Gasteiger partial charge in [-0.1, -0.05) is 27.4 Å². The molecule has 0 saturated carbocycles. The Labute approximate surface area is 93.3 Å². The maximum absolute atomic E-state index is 11.5. The Morgan fingerprint density at radius 2 is 2.07 bits per heavy atom. The van der Waals surface area contributed by atoms with Crippen LogP contribution in [0.15, 0.2) is 12.7 Å². The molecule has 1 heterocycles. The lowest BCUT2D eigenvalue weighted by atomic mass is 9.73. The van der Waals surface area contributed by atoms with E-state index in [0.717, 1.165) is 25.3 Å². The van der Waals surface area contributed by atoms with Crippen molar-refractivity contribution in [2.45, 2.75) is 46.6 Å². The topological polar surface area (TPSA) is 20.3 Å². The third kappa shape index (κ3) is 2.83. The number of nitrogens with zero attached hydrogens (tertiary/aromatic N) is 1. The molecular formula is C13H23NO. The molecule has 0 radical (unpaired) electrons. The summed E-state index contributed by atoms with van der Waals surface area (Å²) in [6.45, 7) is 13.4. The average Bonchev–Trinajstić information content (AvgIpc) is 2.15. The van der Waals surface area contributed by atoms with E-state index in [-0.39, 0.29) is 5.91 Å². The van der Waals surface area contributed by atoms with Gasteiger partial charge in [-0.15, -0.1) is 0 Å². The molecule has 2 atom stereocenters. The Morgan fingerprint density at radius 3 is 2.47 bits per heavy atom. The number of carbonyl (C=O) groups is 1. The minimum atomic E-state index is 0.0786. The van der Waals surface area contributed by atoms with Gasteiger partial charge in [-0.05, 0) is 37.2 Å². The molecule has 0 aliphatic carbocycles. The summed E-state index contributed by atoms with van der Waals surface area (Å²) in [6, 6.07) is 0.355. The summed E-state index contributed by atoms with van der Waals surface area (Å²) in [5.74, 6) is 0.802. The number of hydrogen-bond acceptors (Lipinski definition) is 1. The van der Waals surface area contributed by atoms with Crippen LogP contribution in [0.1, 0.15) is 40.5 Å². The fourth-order valence-electron chi connectivity index (χ4n) is 2.40. The first-order valence-electron chi connectivity index (χ1n) is 5.79. The molecule has 0 aromatic heterocycles. The van der Waals surface area contributed by atoms with Crippen molar-refractivity contribution in [3.05, 3.63) is 12.7 Å². The lowest BCUT2D eigenvalue weighted by molar-refractivity contribution is -0.130. The summed E-state index contributed by atoms with van der Waals surface area (Å²) >= 11 is 0. The van der Waals surface area contributed by atoms with Gasteiger partial charge < -0.3 is 4.90 Å². The fraction of sp³-hybridized carbons (Fsp3) is 0.769. The number of carbonyl (C=O) groups excluding carboxylic acids is 1. The summed E-state index contributed by atoms with van der Waals surface area (Å²) in [5.41, 5.74) is 0.359. The third-order valence-electron chi connectivity index (χ3n) is 3.56. The Hall–Kier alpha value is -0.790. The van der Waals surface area contributed by atoms with Gasteiger partial charge in [-0.3, -0.25) is 4.79 Å². The van der Waals surface area contributed by atoms with Crippen LogP contribution in [0.3, 0.4) is 0 Å². The second-order valence-electron chi connectivity index (χ2n) is 5.67. The van der Waals surface area contributed by atoms with Gasteiger partial charge in [0.15, 0.2) is 0 Å². The molecule has 0 aromatic rings. The normalized spacial score (nSPS) is 27.6. The second-order valence-corrected chi connectivity index (χ2v) is 5.67. The first kappa shape index (κ1) is 12.3. The molecule has 1 saturated heterocycles. The molecule has 1 aliphatic rings. The van der Waals surface area contributed by atoms with Crippen molar-refractivity contribution < 1.29 is 4.79 Å². The van der Waals surface area contributed by atoms with E-state index in [4.69, 9.17) is 0 Å². The molecular weight excluding hydrogens is 186 g/mol. The zero-order valence-electron chi connectivity index (χ0n) is 10.4. The molecule has 1 rings (SSSR count). The number of rotatable bonds is 1. The Morgan fingerprint density at radius 1 is 1.47 bits per heavy atom. The van der Waals surface area contributed by atoms with Gasteiger partial charge in [0.1, 0.15) is 0 Å². The quantitative estimate of drug-likeness (QED) is 0.608. The zero-order valence-corrected chi connectivity index (χ0v) is 10.4. The van der Waals surface area contributed by atoms with Crippen LogP contribution in [-0.4, -0.2) is 23.4 Å². The van der Waals surface area contributed by atoms with Crippen LogP contribution in [0.4, 0.5) is 0 Å². The van der Waals surface area contributed by atoms with E-state index in [9.17, 15) is 4.79 Å². The Bertz CT molecular complexity index is 252. The highest BCUT2D eigenvalue weighted by Crippen LogP contribution is 2.36. The van der Waals surface area contributed by atoms with Crippen molar-refractivity contribution >= 4 is 5.91 Å². The van der Waals surface area contributed by atoms with E-state index >= 15 is 0 Å². The largest absolute Gasteiger partial charge is 0.336 e. The predicted octanol–water partition coefficient (Wildman–Crippen LogP) is 2.85. The minimum absolute atomic E-state index is 0.0786. The van der Waals surface area contributed by atoms with Crippen LogP contribution in [0.2, 0.25) is 0 Å². The first-order valence-corrected chi connectivity index (χ1v) is 5.79. The van der Waals surface area contributed by atoms with E-state index in [1.807, 2.05) is 4.90 Å². The summed E-state index contributed by atoms with van der Waals surface area (Å²) in [6.07, 6.45) is 3.66. The molecule has 1 amide bonds. The smallest absolute Gasteiger partial charge is 0.246 e. The number of hydrogen-bond donors (Lipinski definition) is 0. The number of amides is 1. The van der Waals surface area contributed by atoms with Crippen molar-refractivity contribution in [3.63, 3.8) is 0 Å². The van der Waals surface area contributed by atoms with Crippen LogP contribution in [0, 0.1) is 11.3 Å². The monoisotopic (exact) mass is 209 g/mol. The van der Waals surface area contributed by atoms with Gasteiger partial charge in [0.25, 0.3) is 0 Å². The third-order valence-corrected chi connectivity index (χ3v) is 3.56. The van der Waals surface area contributed by atoms with Gasteiger partial charge in [-0.25, -0.2) is 0 Å². The van der Waals surface area contributed by atoms with Crippen LogP contribution >= 0.6 is 0 Å². The van der Waals surface area contributed by atoms with E-state index in [2.05, 4.69) is 34.3 Å². The molecule has 1 fully saturated rings. The Kier molecular flexibility index (Phi) is 3.58. The molecule has 1 aliphatic heterocycles. The molecule has 2 heteroatoms. The predicted molar refractivity (Wildman–Crippen MR) is 63.6 cm³/mol. The summed E-state index contributed by atoms with van der Waals surface area (Å²) < 4.78 is 0. The molecule has 0 bridgehead atoms. The second kappa shape index (κ2) is 4.38. The maximum atomic E-state index is 11.5. The highest BCUT2D eigenvalue weighted by Gasteiger charge is 2.33. The van der Waals surface area contributed by atoms with Crippen LogP contribution in [-0.2, 0) is 4.79 Å². The van der Waals surface area contributed by atoms with Gasteiger partial charge >= 0.3 is 0 Å². The van der Waals surface area contributed by atoms with Crippen molar-refractivity contribution in [1.29, 1.82) is 0 Å². The zero-order chi connectivity index (χ0) is 11.6. The van der Waals surface area contributed by atoms with Crippen molar-refractivity contribution in [2.24, 2.45) is 11.3 Å². The maximum Gasteiger partial charge on any atom is 0.246 e. The molecule has 2 nitrogen and oxygen atoms in total. The lowest BCUT2D eigenvalue weighted by Crippen LogP contribution is -2.46. The highest BCUT2D eigenvalue weighted by molar-refractivity contribution is 5.87. The molecule has 86 valence electrons. The van der Waals surface area contributed by atoms with Crippen LogP contribution in [0.25, 0.3) is 0 Å². The molecule has 2 unspecified atom stereocenters. The first-order chi connectivity index (χ1) is 6.86. The molecule has 0 spiro atoms. The van der Waals surface area contributed by atoms with Gasteiger partial charge in [0.05, 0.1) is 0 Å². The minimum Gasteiger partial charge on any atom is -0.336 e. The lowest BCUT2D eigenvalue weighted by Gasteiger charge is -2.42. The fourth-order valence-corrected chi connectivity index (χ4v) is 2.40. The molecule has 15 heavy (non-hydrogen) atoms. The van der Waals surface area contributed by atoms with Gasteiger partial charge in [-0.2, -0.15) is 0 Å². The SMILES string of the molecule is C=CC(=O)N1CCC(C(C)(C)C)CC1C. The number of piperidine rings is 1. The van der Waals surface area contributed by atoms with Crippen LogP contribution < -0.4 is 0 Å². The van der Waals surface area contributed by atoms with Gasteiger partial charge in [0, 0.05) is 12.6 Å². The average molecular weight is 209 g/mol. The summed E-state index contributed by atoms with van der Waals surface area (Å²) in [7, 11) is 0. The highest BCUT2D eigenvalue weighted by atomic mass is 16.2. The van der Waals surface area contributed by atoms with Crippen molar-refractivity contribution in [1.82, 2.24) is 4.90 Å². The molecule has 0 N–H and O–H groups in total.